The second kappa shape index (κ2) is 4.80. The maximum atomic E-state index is 11.8. The first-order chi connectivity index (χ1) is 7.66. The minimum atomic E-state index is -0.550. The van der Waals surface area contributed by atoms with Gasteiger partial charge in [0.1, 0.15) is 12.6 Å². The van der Waals surface area contributed by atoms with Crippen LogP contribution < -0.4 is 16.1 Å². The number of piperidine rings is 1. The smallest absolute Gasteiger partial charge is 0.268 e. The molecule has 2 aliphatic heterocycles. The lowest BCUT2D eigenvalue weighted by atomic mass is 9.94. The van der Waals surface area contributed by atoms with Crippen molar-refractivity contribution in [3.63, 3.8) is 0 Å². The van der Waals surface area contributed by atoms with Gasteiger partial charge in [0, 0.05) is 0 Å². The highest BCUT2D eigenvalue weighted by Crippen LogP contribution is 2.15. The van der Waals surface area contributed by atoms with E-state index in [2.05, 4.69) is 23.0 Å². The Morgan fingerprint density at radius 2 is 2.38 bits per heavy atom. The molecular formula is C10H17N3O3. The minimum Gasteiger partial charge on any atom is -0.341 e. The SMILES string of the molecule is CC1CCNC(C(=O)N[C@@H]2CONC2=O)C1. The van der Waals surface area contributed by atoms with Crippen LogP contribution in [-0.4, -0.2) is 37.0 Å². The highest BCUT2D eigenvalue weighted by Gasteiger charge is 2.31. The molecule has 2 fully saturated rings. The van der Waals surface area contributed by atoms with Crippen LogP contribution in [0.2, 0.25) is 0 Å². The van der Waals surface area contributed by atoms with Gasteiger partial charge < -0.3 is 10.6 Å². The first-order valence-corrected chi connectivity index (χ1v) is 5.62. The van der Waals surface area contributed by atoms with E-state index in [4.69, 9.17) is 4.84 Å². The molecule has 2 heterocycles. The van der Waals surface area contributed by atoms with Crippen molar-refractivity contribution in [1.82, 2.24) is 16.1 Å². The van der Waals surface area contributed by atoms with Crippen molar-refractivity contribution in [2.45, 2.75) is 31.8 Å². The Bertz CT molecular complexity index is 295. The Balaban J connectivity index is 1.85. The number of carbonyl (C=O) groups is 2. The van der Waals surface area contributed by atoms with E-state index in [9.17, 15) is 9.59 Å². The number of hydrogen-bond donors (Lipinski definition) is 3. The lowest BCUT2D eigenvalue weighted by Crippen LogP contribution is -2.52. The molecule has 0 spiro atoms. The van der Waals surface area contributed by atoms with Gasteiger partial charge in [-0.25, -0.2) is 5.48 Å². The third kappa shape index (κ3) is 2.51. The van der Waals surface area contributed by atoms with E-state index in [1.807, 2.05) is 0 Å². The molecule has 3 atom stereocenters. The molecule has 90 valence electrons. The molecule has 6 nitrogen and oxygen atoms in total. The quantitative estimate of drug-likeness (QED) is 0.560. The van der Waals surface area contributed by atoms with Gasteiger partial charge in [0.15, 0.2) is 0 Å². The second-order valence-electron chi connectivity index (χ2n) is 4.47. The number of hydroxylamine groups is 1. The summed E-state index contributed by atoms with van der Waals surface area (Å²) in [5.74, 6) is 0.153. The molecule has 2 amide bonds. The van der Waals surface area contributed by atoms with Crippen molar-refractivity contribution in [2.75, 3.05) is 13.2 Å². The topological polar surface area (TPSA) is 79.5 Å². The Morgan fingerprint density at radius 1 is 1.56 bits per heavy atom. The van der Waals surface area contributed by atoms with Crippen LogP contribution in [-0.2, 0) is 14.4 Å². The number of rotatable bonds is 2. The van der Waals surface area contributed by atoms with E-state index in [1.54, 1.807) is 0 Å². The lowest BCUT2D eigenvalue weighted by molar-refractivity contribution is -0.129. The molecule has 0 radical (unpaired) electrons. The van der Waals surface area contributed by atoms with Gasteiger partial charge in [-0.15, -0.1) is 0 Å². The van der Waals surface area contributed by atoms with Gasteiger partial charge >= 0.3 is 0 Å². The Kier molecular flexibility index (Phi) is 3.40. The summed E-state index contributed by atoms with van der Waals surface area (Å²) < 4.78 is 0. The normalized spacial score (nSPS) is 34.6. The third-order valence-electron chi connectivity index (χ3n) is 3.04. The summed E-state index contributed by atoms with van der Waals surface area (Å²) in [5, 5.41) is 5.83. The summed E-state index contributed by atoms with van der Waals surface area (Å²) in [6.45, 7) is 3.19. The second-order valence-corrected chi connectivity index (χ2v) is 4.47. The van der Waals surface area contributed by atoms with Crippen molar-refractivity contribution >= 4 is 11.8 Å². The number of amides is 2. The van der Waals surface area contributed by atoms with Crippen LogP contribution in [0.15, 0.2) is 0 Å². The highest BCUT2D eigenvalue weighted by molar-refractivity contribution is 5.90. The summed E-state index contributed by atoms with van der Waals surface area (Å²) >= 11 is 0. The largest absolute Gasteiger partial charge is 0.341 e. The molecule has 3 N–H and O–H groups in total. The Morgan fingerprint density at radius 3 is 3.00 bits per heavy atom. The van der Waals surface area contributed by atoms with Gasteiger partial charge in [-0.05, 0) is 25.3 Å². The Labute approximate surface area is 94.1 Å². The van der Waals surface area contributed by atoms with Crippen molar-refractivity contribution in [1.29, 1.82) is 0 Å². The van der Waals surface area contributed by atoms with Gasteiger partial charge in [-0.2, -0.15) is 0 Å². The molecule has 2 unspecified atom stereocenters. The van der Waals surface area contributed by atoms with Crippen molar-refractivity contribution in [3.8, 4) is 0 Å². The molecule has 2 rings (SSSR count). The fourth-order valence-electron chi connectivity index (χ4n) is 2.03. The molecule has 0 bridgehead atoms. The van der Waals surface area contributed by atoms with Crippen LogP contribution >= 0.6 is 0 Å². The summed E-state index contributed by atoms with van der Waals surface area (Å²) in [7, 11) is 0. The highest BCUT2D eigenvalue weighted by atomic mass is 16.7. The van der Waals surface area contributed by atoms with Crippen molar-refractivity contribution < 1.29 is 14.4 Å². The zero-order chi connectivity index (χ0) is 11.5. The Hall–Kier alpha value is -1.14. The maximum absolute atomic E-state index is 11.8. The first kappa shape index (κ1) is 11.3. The van der Waals surface area contributed by atoms with Crippen molar-refractivity contribution in [3.05, 3.63) is 0 Å². The van der Waals surface area contributed by atoms with Crippen molar-refractivity contribution in [2.24, 2.45) is 5.92 Å². The predicted molar refractivity (Wildman–Crippen MR) is 56.2 cm³/mol. The van der Waals surface area contributed by atoms with Gasteiger partial charge in [0.2, 0.25) is 5.91 Å². The predicted octanol–water partition coefficient (Wildman–Crippen LogP) is -1.08. The molecule has 6 heteroatoms. The molecule has 2 aliphatic rings. The molecule has 0 aromatic heterocycles. The average molecular weight is 227 g/mol. The average Bonchev–Trinajstić information content (AvgIpc) is 2.64. The fraction of sp³-hybridized carbons (Fsp3) is 0.800. The summed E-state index contributed by atoms with van der Waals surface area (Å²) in [6.07, 6.45) is 1.91. The summed E-state index contributed by atoms with van der Waals surface area (Å²) in [6, 6.07) is -0.733. The number of carbonyl (C=O) groups excluding carboxylic acids is 2. The van der Waals surface area contributed by atoms with E-state index in [1.165, 1.54) is 0 Å². The molecule has 16 heavy (non-hydrogen) atoms. The van der Waals surface area contributed by atoms with Crippen LogP contribution in [0.3, 0.4) is 0 Å². The fourth-order valence-corrected chi connectivity index (χ4v) is 2.03. The molecule has 2 saturated heterocycles. The molecule has 0 aromatic carbocycles. The minimum absolute atomic E-state index is 0.114. The molecular weight excluding hydrogens is 210 g/mol. The summed E-state index contributed by atoms with van der Waals surface area (Å²) in [5.41, 5.74) is 2.21. The van der Waals surface area contributed by atoms with Gasteiger partial charge in [-0.3, -0.25) is 14.4 Å². The monoisotopic (exact) mass is 227 g/mol. The zero-order valence-electron chi connectivity index (χ0n) is 9.29. The maximum Gasteiger partial charge on any atom is 0.268 e. The van der Waals surface area contributed by atoms with Gasteiger partial charge in [0.25, 0.3) is 5.91 Å². The van der Waals surface area contributed by atoms with E-state index in [-0.39, 0.29) is 24.5 Å². The van der Waals surface area contributed by atoms with E-state index in [0.29, 0.717) is 5.92 Å². The van der Waals surface area contributed by atoms with Gasteiger partial charge in [0.05, 0.1) is 6.04 Å². The van der Waals surface area contributed by atoms with E-state index < -0.39 is 6.04 Å². The van der Waals surface area contributed by atoms with E-state index >= 15 is 0 Å². The lowest BCUT2D eigenvalue weighted by Gasteiger charge is -2.27. The molecule has 0 saturated carbocycles. The zero-order valence-corrected chi connectivity index (χ0v) is 9.29. The third-order valence-corrected chi connectivity index (χ3v) is 3.04. The van der Waals surface area contributed by atoms with Crippen LogP contribution in [0.5, 0.6) is 0 Å². The molecule has 0 aromatic rings. The number of nitrogens with one attached hydrogen (secondary N) is 3. The van der Waals surface area contributed by atoms with Crippen LogP contribution in [0.4, 0.5) is 0 Å². The standard InChI is InChI=1S/C10H17N3O3/c1-6-2-3-11-7(4-6)9(14)12-8-5-16-13-10(8)15/h6-8,11H,2-5H2,1H3,(H,12,14)(H,13,15)/t6?,7?,8-/m1/s1. The van der Waals surface area contributed by atoms with E-state index in [0.717, 1.165) is 19.4 Å². The first-order valence-electron chi connectivity index (χ1n) is 5.62. The van der Waals surface area contributed by atoms with Gasteiger partial charge in [-0.1, -0.05) is 6.92 Å². The van der Waals surface area contributed by atoms with Crippen LogP contribution in [0.25, 0.3) is 0 Å². The van der Waals surface area contributed by atoms with Crippen LogP contribution in [0, 0.1) is 5.92 Å². The molecule has 0 aliphatic carbocycles. The van der Waals surface area contributed by atoms with Crippen LogP contribution in [0.1, 0.15) is 19.8 Å². The number of hydrogen-bond acceptors (Lipinski definition) is 4. The summed E-state index contributed by atoms with van der Waals surface area (Å²) in [4.78, 5) is 27.8.